The average molecular weight is 209 g/mol. The van der Waals surface area contributed by atoms with Gasteiger partial charge in [-0.1, -0.05) is 0 Å². The second kappa shape index (κ2) is 4.07. The van der Waals surface area contributed by atoms with Crippen LogP contribution in [0.15, 0.2) is 22.5 Å². The lowest BCUT2D eigenvalue weighted by Crippen LogP contribution is -2.25. The van der Waals surface area contributed by atoms with Gasteiger partial charge in [0.1, 0.15) is 5.82 Å². The molecule has 7 heteroatoms. The zero-order chi connectivity index (χ0) is 10.7. The second-order valence-corrected chi connectivity index (χ2v) is 2.99. The summed E-state index contributed by atoms with van der Waals surface area (Å²) in [5.41, 5.74) is 0. The second-order valence-electron chi connectivity index (χ2n) is 2.99. The topological polar surface area (TPSA) is 79.6 Å². The summed E-state index contributed by atoms with van der Waals surface area (Å²) in [5.74, 6) is -0.191. The van der Waals surface area contributed by atoms with Crippen LogP contribution in [0, 0.1) is 6.08 Å². The lowest BCUT2D eigenvalue weighted by Gasteiger charge is -2.05. The maximum Gasteiger partial charge on any atom is 0.310 e. The van der Waals surface area contributed by atoms with Crippen LogP contribution in [0.1, 0.15) is 6.42 Å². The molecule has 2 rings (SSSR count). The number of nitrogens with zero attached hydrogens (tertiary/aromatic N) is 4. The van der Waals surface area contributed by atoms with Crippen molar-refractivity contribution in [2.75, 3.05) is 11.9 Å². The van der Waals surface area contributed by atoms with Gasteiger partial charge in [0.05, 0.1) is 6.54 Å². The number of hydrogen-bond acceptors (Lipinski definition) is 5. The molecule has 78 valence electrons. The van der Waals surface area contributed by atoms with E-state index < -0.39 is 12.1 Å². The number of nitrogens with one attached hydrogen (secondary N) is 1. The fraction of sp³-hybridized carbons (Fsp3) is 0.375. The number of rotatable bonds is 2. The normalized spacial score (nSPS) is 19.1. The van der Waals surface area contributed by atoms with Crippen LogP contribution in [-0.4, -0.2) is 28.5 Å². The van der Waals surface area contributed by atoms with E-state index in [-0.39, 0.29) is 11.7 Å². The molecule has 0 saturated heterocycles. The van der Waals surface area contributed by atoms with E-state index in [2.05, 4.69) is 25.5 Å². The number of azo groups is 1. The van der Waals surface area contributed by atoms with Crippen LogP contribution < -0.4 is 5.32 Å². The van der Waals surface area contributed by atoms with Crippen LogP contribution in [0.3, 0.4) is 0 Å². The van der Waals surface area contributed by atoms with E-state index in [1.54, 1.807) is 0 Å². The van der Waals surface area contributed by atoms with Crippen molar-refractivity contribution in [2.45, 2.75) is 12.5 Å². The molecule has 0 spiro atoms. The summed E-state index contributed by atoms with van der Waals surface area (Å²) in [5, 5.41) is 9.87. The molecule has 1 atom stereocenters. The predicted molar refractivity (Wildman–Crippen MR) is 48.7 cm³/mol. The minimum atomic E-state index is -0.874. The molecule has 0 radical (unpaired) electrons. The van der Waals surface area contributed by atoms with E-state index in [1.807, 2.05) is 0 Å². The average Bonchev–Trinajstić information content (AvgIpc) is 2.70. The van der Waals surface area contributed by atoms with E-state index in [1.165, 1.54) is 12.3 Å². The Bertz CT molecular complexity index is 408. The van der Waals surface area contributed by atoms with Crippen molar-refractivity contribution in [3.05, 3.63) is 18.3 Å². The Labute approximate surface area is 84.6 Å². The Hall–Kier alpha value is -1.92. The molecule has 0 saturated carbocycles. The SMILES string of the molecule is O=C(Nc1ccnc(F)n1)C1CCN=N1. The van der Waals surface area contributed by atoms with Gasteiger partial charge in [-0.3, -0.25) is 4.79 Å². The highest BCUT2D eigenvalue weighted by atomic mass is 19.1. The summed E-state index contributed by atoms with van der Waals surface area (Å²) in [6.45, 7) is 0.552. The molecular formula is C8H8FN5O. The maximum atomic E-state index is 12.6. The summed E-state index contributed by atoms with van der Waals surface area (Å²) >= 11 is 0. The summed E-state index contributed by atoms with van der Waals surface area (Å²) < 4.78 is 12.6. The van der Waals surface area contributed by atoms with Gasteiger partial charge in [0.2, 0.25) is 0 Å². The third kappa shape index (κ3) is 2.30. The fourth-order valence-electron chi connectivity index (χ4n) is 1.19. The monoisotopic (exact) mass is 209 g/mol. The van der Waals surface area contributed by atoms with Gasteiger partial charge in [-0.2, -0.15) is 19.6 Å². The number of carbonyl (C=O) groups is 1. The van der Waals surface area contributed by atoms with Gasteiger partial charge in [0, 0.05) is 12.6 Å². The van der Waals surface area contributed by atoms with Gasteiger partial charge in [0.15, 0.2) is 6.04 Å². The molecule has 1 aliphatic heterocycles. The minimum absolute atomic E-state index is 0.134. The highest BCUT2D eigenvalue weighted by molar-refractivity contribution is 5.94. The van der Waals surface area contributed by atoms with Crippen LogP contribution in [0.5, 0.6) is 0 Å². The molecule has 1 amide bonds. The van der Waals surface area contributed by atoms with Crippen LogP contribution in [-0.2, 0) is 4.79 Å². The van der Waals surface area contributed by atoms with E-state index in [4.69, 9.17) is 0 Å². The van der Waals surface area contributed by atoms with Gasteiger partial charge in [-0.15, -0.1) is 0 Å². The molecule has 15 heavy (non-hydrogen) atoms. The molecular weight excluding hydrogens is 201 g/mol. The molecule has 6 nitrogen and oxygen atoms in total. The lowest BCUT2D eigenvalue weighted by atomic mass is 10.2. The van der Waals surface area contributed by atoms with Crippen LogP contribution in [0.4, 0.5) is 10.2 Å². The Morgan fingerprint density at radius 3 is 3.13 bits per heavy atom. The Balaban J connectivity index is 2.02. The Morgan fingerprint density at radius 2 is 2.47 bits per heavy atom. The number of carbonyl (C=O) groups excluding carboxylic acids is 1. The number of amides is 1. The largest absolute Gasteiger partial charge is 0.310 e. The van der Waals surface area contributed by atoms with Gasteiger partial charge in [-0.05, 0) is 6.07 Å². The number of aromatic nitrogens is 2. The van der Waals surface area contributed by atoms with Crippen molar-refractivity contribution in [3.63, 3.8) is 0 Å². The summed E-state index contributed by atoms with van der Waals surface area (Å²) in [6.07, 6.45) is 0.939. The first-order chi connectivity index (χ1) is 7.25. The zero-order valence-electron chi connectivity index (χ0n) is 7.72. The first-order valence-corrected chi connectivity index (χ1v) is 4.42. The van der Waals surface area contributed by atoms with Gasteiger partial charge >= 0.3 is 6.08 Å². The standard InChI is InChI=1S/C8H8FN5O/c9-8-10-3-2-6(13-8)12-7(15)5-1-4-11-14-5/h2-3,5H,1,4H2,(H,10,12,13,15). The Kier molecular flexibility index (Phi) is 2.61. The smallest absolute Gasteiger partial charge is 0.309 e. The van der Waals surface area contributed by atoms with Crippen molar-refractivity contribution >= 4 is 11.7 Å². The van der Waals surface area contributed by atoms with E-state index in [0.29, 0.717) is 13.0 Å². The number of halogens is 1. The first-order valence-electron chi connectivity index (χ1n) is 4.42. The molecule has 2 heterocycles. The first kappa shape index (κ1) is 9.63. The quantitative estimate of drug-likeness (QED) is 0.731. The van der Waals surface area contributed by atoms with Crippen molar-refractivity contribution in [2.24, 2.45) is 10.2 Å². The zero-order valence-corrected chi connectivity index (χ0v) is 7.72. The molecule has 1 aromatic rings. The highest BCUT2D eigenvalue weighted by Crippen LogP contribution is 2.10. The molecule has 1 unspecified atom stereocenters. The third-order valence-electron chi connectivity index (χ3n) is 1.90. The summed E-state index contributed by atoms with van der Waals surface area (Å²) in [6, 6.07) is 0.926. The van der Waals surface area contributed by atoms with Gasteiger partial charge < -0.3 is 5.32 Å². The van der Waals surface area contributed by atoms with E-state index in [0.717, 1.165) is 0 Å². The fourth-order valence-corrected chi connectivity index (χ4v) is 1.19. The minimum Gasteiger partial charge on any atom is -0.309 e. The third-order valence-corrected chi connectivity index (χ3v) is 1.90. The van der Waals surface area contributed by atoms with Crippen molar-refractivity contribution in [1.82, 2.24) is 9.97 Å². The summed E-state index contributed by atoms with van der Waals surface area (Å²) in [4.78, 5) is 18.2. The highest BCUT2D eigenvalue weighted by Gasteiger charge is 2.21. The molecule has 0 aromatic carbocycles. The Morgan fingerprint density at radius 1 is 1.60 bits per heavy atom. The maximum absolute atomic E-state index is 12.6. The van der Waals surface area contributed by atoms with E-state index >= 15 is 0 Å². The van der Waals surface area contributed by atoms with Gasteiger partial charge in [-0.25, -0.2) is 4.98 Å². The van der Waals surface area contributed by atoms with Crippen LogP contribution in [0.25, 0.3) is 0 Å². The molecule has 0 bridgehead atoms. The van der Waals surface area contributed by atoms with Crippen LogP contribution >= 0.6 is 0 Å². The summed E-state index contributed by atoms with van der Waals surface area (Å²) in [7, 11) is 0. The molecule has 1 aliphatic rings. The predicted octanol–water partition coefficient (Wildman–Crippen LogP) is 0.779. The lowest BCUT2D eigenvalue weighted by molar-refractivity contribution is -0.117. The van der Waals surface area contributed by atoms with Crippen molar-refractivity contribution in [1.29, 1.82) is 0 Å². The molecule has 0 fully saturated rings. The molecule has 0 aliphatic carbocycles. The van der Waals surface area contributed by atoms with Crippen molar-refractivity contribution in [3.8, 4) is 0 Å². The molecule has 1 aromatic heterocycles. The number of hydrogen-bond donors (Lipinski definition) is 1. The molecule has 1 N–H and O–H groups in total. The van der Waals surface area contributed by atoms with Crippen LogP contribution in [0.2, 0.25) is 0 Å². The van der Waals surface area contributed by atoms with Gasteiger partial charge in [0.25, 0.3) is 5.91 Å². The number of anilines is 1. The van der Waals surface area contributed by atoms with E-state index in [9.17, 15) is 9.18 Å². The van der Waals surface area contributed by atoms with Crippen molar-refractivity contribution < 1.29 is 9.18 Å².